The van der Waals surface area contributed by atoms with E-state index in [2.05, 4.69) is 102 Å². The summed E-state index contributed by atoms with van der Waals surface area (Å²) in [6, 6.07) is 33.1. The molecular weight excluding hydrogens is 396 g/mol. The molecule has 1 aromatic heterocycles. The molecule has 2 nitrogen and oxygen atoms in total. The van der Waals surface area contributed by atoms with Crippen molar-refractivity contribution in [1.29, 1.82) is 0 Å². The van der Waals surface area contributed by atoms with Crippen LogP contribution in [0.5, 0.6) is 0 Å². The number of aryl methyl sites for hydroxylation is 1. The van der Waals surface area contributed by atoms with Crippen molar-refractivity contribution in [1.82, 2.24) is 9.55 Å². The fourth-order valence-electron chi connectivity index (χ4n) is 5.64. The van der Waals surface area contributed by atoms with Gasteiger partial charge in [-0.05, 0) is 59.0 Å². The molecule has 4 aromatic carbocycles. The zero-order valence-electron chi connectivity index (χ0n) is 17.2. The lowest BCUT2D eigenvalue weighted by molar-refractivity contribution is 0.670. The lowest BCUT2D eigenvalue weighted by Gasteiger charge is -2.38. The van der Waals surface area contributed by atoms with E-state index in [9.17, 15) is 0 Å². The molecule has 0 saturated carbocycles. The predicted octanol–water partition coefficient (Wildman–Crippen LogP) is 6.75. The van der Waals surface area contributed by atoms with Gasteiger partial charge >= 0.3 is 0 Å². The molecule has 0 aliphatic carbocycles. The van der Waals surface area contributed by atoms with Gasteiger partial charge in [0.2, 0.25) is 0 Å². The van der Waals surface area contributed by atoms with Crippen LogP contribution in [0.3, 0.4) is 0 Å². The molecule has 0 amide bonds. The topological polar surface area (TPSA) is 17.8 Å². The van der Waals surface area contributed by atoms with Crippen molar-refractivity contribution in [2.24, 2.45) is 0 Å². The van der Waals surface area contributed by atoms with Crippen LogP contribution in [0.1, 0.15) is 35.0 Å². The molecule has 148 valence electrons. The highest BCUT2D eigenvalue weighted by Crippen LogP contribution is 2.60. The van der Waals surface area contributed by atoms with E-state index in [1.54, 1.807) is 0 Å². The van der Waals surface area contributed by atoms with Gasteiger partial charge in [-0.25, -0.2) is 4.98 Å². The van der Waals surface area contributed by atoms with Gasteiger partial charge in [0.15, 0.2) is 0 Å². The molecule has 2 aliphatic heterocycles. The molecule has 3 heteroatoms. The van der Waals surface area contributed by atoms with E-state index in [4.69, 9.17) is 4.98 Å². The van der Waals surface area contributed by atoms with Crippen LogP contribution in [-0.2, 0) is 11.8 Å². The minimum atomic E-state index is -0.403. The second-order valence-corrected chi connectivity index (χ2v) is 9.35. The highest BCUT2D eigenvalue weighted by molar-refractivity contribution is 7.99. The average Bonchev–Trinajstić information content (AvgIpc) is 3.33. The maximum absolute atomic E-state index is 5.31. The number of fused-ring (bicyclic) bond motifs is 11. The van der Waals surface area contributed by atoms with Gasteiger partial charge in [0.1, 0.15) is 11.2 Å². The summed E-state index contributed by atoms with van der Waals surface area (Å²) >= 11 is 1.89. The monoisotopic (exact) mass is 416 g/mol. The minimum Gasteiger partial charge on any atom is -0.295 e. The number of benzene rings is 4. The smallest absolute Gasteiger partial charge is 0.134 e. The van der Waals surface area contributed by atoms with Gasteiger partial charge in [-0.15, -0.1) is 0 Å². The molecule has 5 aromatic rings. The van der Waals surface area contributed by atoms with Crippen LogP contribution >= 0.6 is 11.8 Å². The first kappa shape index (κ1) is 17.4. The first-order chi connectivity index (χ1) is 15.3. The number of nitrogens with zero attached hydrogens (tertiary/aromatic N) is 2. The molecule has 2 aliphatic rings. The Morgan fingerprint density at radius 2 is 1.52 bits per heavy atom. The third kappa shape index (κ3) is 2.02. The number of aromatic nitrogens is 2. The summed E-state index contributed by atoms with van der Waals surface area (Å²) < 4.78 is 2.40. The van der Waals surface area contributed by atoms with Crippen molar-refractivity contribution in [3.63, 3.8) is 0 Å². The van der Waals surface area contributed by atoms with Crippen LogP contribution in [0.4, 0.5) is 0 Å². The van der Waals surface area contributed by atoms with Gasteiger partial charge in [0.05, 0.1) is 16.7 Å². The zero-order valence-corrected chi connectivity index (χ0v) is 18.0. The maximum atomic E-state index is 5.31. The van der Waals surface area contributed by atoms with E-state index in [0.717, 1.165) is 17.8 Å². The molecule has 1 spiro atoms. The Balaban J connectivity index is 1.76. The fourth-order valence-corrected chi connectivity index (χ4v) is 6.89. The van der Waals surface area contributed by atoms with Crippen LogP contribution in [0.15, 0.2) is 101 Å². The van der Waals surface area contributed by atoms with E-state index in [1.165, 1.54) is 43.2 Å². The maximum Gasteiger partial charge on any atom is 0.134 e. The van der Waals surface area contributed by atoms with Crippen molar-refractivity contribution < 1.29 is 0 Å². The normalized spacial score (nSPS) is 18.0. The molecule has 3 heterocycles. The van der Waals surface area contributed by atoms with Crippen LogP contribution in [0.2, 0.25) is 0 Å². The van der Waals surface area contributed by atoms with Gasteiger partial charge < -0.3 is 0 Å². The molecule has 0 N–H and O–H groups in total. The summed E-state index contributed by atoms with van der Waals surface area (Å²) in [5, 5.41) is 0. The highest BCUT2D eigenvalue weighted by atomic mass is 32.2. The molecule has 0 fully saturated rings. The van der Waals surface area contributed by atoms with E-state index in [0.29, 0.717) is 0 Å². The van der Waals surface area contributed by atoms with Crippen molar-refractivity contribution >= 4 is 22.8 Å². The molecule has 0 bridgehead atoms. The molecule has 0 saturated heterocycles. The van der Waals surface area contributed by atoms with Crippen molar-refractivity contribution in [2.75, 3.05) is 0 Å². The Bertz CT molecular complexity index is 1510. The van der Waals surface area contributed by atoms with Crippen LogP contribution in [0.25, 0.3) is 16.7 Å². The molecule has 1 atom stereocenters. The van der Waals surface area contributed by atoms with E-state index < -0.39 is 5.41 Å². The van der Waals surface area contributed by atoms with E-state index in [-0.39, 0.29) is 0 Å². The van der Waals surface area contributed by atoms with Crippen molar-refractivity contribution in [3.05, 3.63) is 119 Å². The number of para-hydroxylation sites is 3. The third-order valence-electron chi connectivity index (χ3n) is 6.82. The largest absolute Gasteiger partial charge is 0.295 e. The minimum absolute atomic E-state index is 0.403. The van der Waals surface area contributed by atoms with Gasteiger partial charge in [0.25, 0.3) is 0 Å². The Morgan fingerprint density at radius 1 is 0.774 bits per heavy atom. The summed E-state index contributed by atoms with van der Waals surface area (Å²) in [5.74, 6) is 1.12. The molecule has 7 rings (SSSR count). The number of hydrogen-bond acceptors (Lipinski definition) is 2. The zero-order chi connectivity index (χ0) is 20.6. The van der Waals surface area contributed by atoms with Gasteiger partial charge in [0, 0.05) is 9.79 Å². The number of imidazole rings is 1. The summed E-state index contributed by atoms with van der Waals surface area (Å²) in [7, 11) is 0. The highest BCUT2D eigenvalue weighted by Gasteiger charge is 2.53. The Hall–Kier alpha value is -3.30. The lowest BCUT2D eigenvalue weighted by Crippen LogP contribution is -2.34. The first-order valence-electron chi connectivity index (χ1n) is 10.8. The summed E-state index contributed by atoms with van der Waals surface area (Å²) in [6.45, 7) is 2.26. The van der Waals surface area contributed by atoms with E-state index >= 15 is 0 Å². The first-order valence-corrected chi connectivity index (χ1v) is 11.6. The molecule has 31 heavy (non-hydrogen) atoms. The second-order valence-electron chi connectivity index (χ2n) is 8.27. The van der Waals surface area contributed by atoms with Crippen molar-refractivity contribution in [2.45, 2.75) is 28.6 Å². The standard InChI is InChI=1S/C28H20N2S/c1-2-18-10-9-17-25-26(18)28(20-12-4-8-16-24(20)31-25)19-11-3-6-14-22(19)30-23-15-7-5-13-21(23)29-27(28)30/h3-17H,2H2,1H3. The van der Waals surface area contributed by atoms with Gasteiger partial charge in [-0.1, -0.05) is 79.3 Å². The summed E-state index contributed by atoms with van der Waals surface area (Å²) in [6.07, 6.45) is 0.996. The molecule has 0 radical (unpaired) electrons. The molecule has 1 unspecified atom stereocenters. The third-order valence-corrected chi connectivity index (χ3v) is 7.96. The van der Waals surface area contributed by atoms with Crippen molar-refractivity contribution in [3.8, 4) is 5.69 Å². The summed E-state index contributed by atoms with van der Waals surface area (Å²) in [5.41, 5.74) is 8.54. The average molecular weight is 417 g/mol. The van der Waals surface area contributed by atoms with Crippen LogP contribution < -0.4 is 0 Å². The SMILES string of the molecule is CCc1cccc2c1C1(c3ccccc3S2)c2ccccc2-n2c1nc1ccccc12. The quantitative estimate of drug-likeness (QED) is 0.295. The predicted molar refractivity (Wildman–Crippen MR) is 126 cm³/mol. The number of rotatable bonds is 1. The lowest BCUT2D eigenvalue weighted by atomic mass is 9.68. The fraction of sp³-hybridized carbons (Fsp3) is 0.107. The molecular formula is C28H20N2S. The Labute approximate surface area is 185 Å². The Kier molecular flexibility index (Phi) is 3.43. The van der Waals surface area contributed by atoms with Crippen LogP contribution in [0, 0.1) is 0 Å². The summed E-state index contributed by atoms with van der Waals surface area (Å²) in [4.78, 5) is 7.97. The van der Waals surface area contributed by atoms with Crippen LogP contribution in [-0.4, -0.2) is 9.55 Å². The number of hydrogen-bond donors (Lipinski definition) is 0. The van der Waals surface area contributed by atoms with E-state index in [1.807, 2.05) is 11.8 Å². The van der Waals surface area contributed by atoms with Gasteiger partial charge in [-0.2, -0.15) is 0 Å². The second kappa shape index (κ2) is 6.12. The Morgan fingerprint density at radius 3 is 2.42 bits per heavy atom. The van der Waals surface area contributed by atoms with Gasteiger partial charge in [-0.3, -0.25) is 4.57 Å².